The summed E-state index contributed by atoms with van der Waals surface area (Å²) in [5, 5.41) is 64.4. The van der Waals surface area contributed by atoms with Crippen LogP contribution in [0, 0.1) is 76.2 Å². The molecule has 16 aromatic heterocycles. The Bertz CT molecular complexity index is 5640. The maximum absolute atomic E-state index is 12.3. The molecule has 0 saturated heterocycles. The Morgan fingerprint density at radius 3 is 0.669 bits per heavy atom. The monoisotopic (exact) mass is 2440 g/mol. The minimum Gasteiger partial charge on any atom is -0.574 e. The number of alkyl halides is 3. The fourth-order valence-electron chi connectivity index (χ4n) is 12.7. The van der Waals surface area contributed by atoms with Gasteiger partial charge >= 0.3 is 90.4 Å². The van der Waals surface area contributed by atoms with Gasteiger partial charge in [-0.15, -0.1) is 0 Å². The minimum absolute atomic E-state index is 0. The van der Waals surface area contributed by atoms with Gasteiger partial charge in [0.1, 0.15) is 56.3 Å². The number of hydrogen-bond acceptors (Lipinski definition) is 24. The Labute approximate surface area is 793 Å². The van der Waals surface area contributed by atoms with Crippen LogP contribution in [0.15, 0.2) is 136 Å². The van der Waals surface area contributed by atoms with Crippen molar-refractivity contribution in [1.82, 2.24) is 161 Å². The number of aryl methyl sites for hydroxylation is 11. The van der Waals surface area contributed by atoms with Gasteiger partial charge in [0, 0.05) is 107 Å². The van der Waals surface area contributed by atoms with Crippen molar-refractivity contribution in [3.63, 3.8) is 0 Å². The van der Waals surface area contributed by atoms with Gasteiger partial charge in [-0.2, -0.15) is 13.2 Å². The summed E-state index contributed by atoms with van der Waals surface area (Å²) < 4.78 is 36.8. The molecule has 670 valence electrons. The Balaban J connectivity index is 0.000000199. The van der Waals surface area contributed by atoms with E-state index in [0.29, 0.717) is 11.4 Å². The Hall–Kier alpha value is -11.1. The van der Waals surface area contributed by atoms with E-state index in [9.17, 15) is 13.2 Å². The fourth-order valence-corrected chi connectivity index (χ4v) is 12.7. The van der Waals surface area contributed by atoms with Crippen LogP contribution in [-0.2, 0) is 125 Å². The second kappa shape index (κ2) is 45.5. The zero-order valence-corrected chi connectivity index (χ0v) is 83.2. The smallest absolute Gasteiger partial charge is 0.574 e. The molecule has 39 heteroatoms. The van der Waals surface area contributed by atoms with Crippen LogP contribution in [-0.4, -0.2) is 121 Å². The molecule has 0 aromatic carbocycles. The van der Waals surface area contributed by atoms with Crippen molar-refractivity contribution in [2.75, 3.05) is 0 Å². The molecule has 32 nitrogen and oxygen atoms in total. The number of nitrogens with zero attached hydrogens (tertiary/aromatic N) is 32. The van der Waals surface area contributed by atoms with Crippen molar-refractivity contribution in [2.24, 2.45) is 0 Å². The number of hydrogen-bond donors (Lipinski definition) is 0. The maximum atomic E-state index is 12.3. The summed E-state index contributed by atoms with van der Waals surface area (Å²) >= 11 is 0. The molecule has 0 N–H and O–H groups in total. The average Bonchev–Trinajstić information content (AvgIpc) is 1.63. The largest absolute Gasteiger partial charge is 2.00 e. The van der Waals surface area contributed by atoms with Gasteiger partial charge in [0.2, 0.25) is 0 Å². The molecule has 0 fully saturated rings. The second-order valence-electron chi connectivity index (χ2n) is 33.0. The van der Waals surface area contributed by atoms with Crippen molar-refractivity contribution >= 4 is 0 Å². The van der Waals surface area contributed by atoms with E-state index < -0.39 is 11.9 Å². The molecule has 0 spiro atoms. The second-order valence-corrected chi connectivity index (χ2v) is 33.0. The Morgan fingerprint density at radius 1 is 0.252 bits per heavy atom. The average molecular weight is 2440 g/mol. The molecule has 2 aliphatic rings. The number of fused-ring (bicyclic) bond motifs is 2. The minimum atomic E-state index is -4.48. The summed E-state index contributed by atoms with van der Waals surface area (Å²) in [6, 6.07) is 25.6. The van der Waals surface area contributed by atoms with Crippen LogP contribution in [0.25, 0.3) is 91.1 Å². The molecule has 2 aliphatic carbocycles. The van der Waals surface area contributed by atoms with E-state index in [2.05, 4.69) is 231 Å². The molecule has 16 aromatic rings. The molecular formula is C88H97F3N32Pt4. The molecule has 0 radical (unpaired) electrons. The molecule has 0 unspecified atom stereocenters. The van der Waals surface area contributed by atoms with Crippen LogP contribution >= 0.6 is 0 Å². The topological polar surface area (TPSA) is 422 Å². The van der Waals surface area contributed by atoms with Gasteiger partial charge in [0.15, 0.2) is 0 Å². The Kier molecular flexibility index (Phi) is 36.9. The molecule has 18 rings (SSSR count). The van der Waals surface area contributed by atoms with Gasteiger partial charge in [0.05, 0.1) is 45.6 Å². The summed E-state index contributed by atoms with van der Waals surface area (Å²) in [7, 11) is 0. The summed E-state index contributed by atoms with van der Waals surface area (Å²) in [6.45, 7) is 42.7. The number of rotatable bonds is 8. The maximum Gasteiger partial charge on any atom is 2.00 e. The SMILES string of the molecule is Cc1cc(-c2[n-]nc3c2CCCC3(C)C)ncn1.Cc1cc(-c2[n-]nc3c2CCCC3(C)C)ncn1.Cc1cc(-c2cc(C(C)(C)C)n[n-]2)ncn1.Cc1cc(-c2cc(C(C)(C)C)n[n-]2)ncn1.Cc1cc(-c2cc(C(F)(F)F)n[n-]2)ncn1.Cc1cc(-c2cc(C)n[n-]2)ncn1.Cc1cc(-c2cc(C)n[n-]2)ncn1.Cc1cc(-c2cc(C)n[n-]2)ncn1.[Pt+2].[Pt+2].[Pt+2].[Pt+2]. The van der Waals surface area contributed by atoms with Gasteiger partial charge in [-0.05, 0) is 180 Å². The summed E-state index contributed by atoms with van der Waals surface area (Å²) in [5.74, 6) is 0. The normalized spacial score (nSPS) is 12.6. The van der Waals surface area contributed by atoms with E-state index in [1.165, 1.54) is 62.1 Å². The van der Waals surface area contributed by atoms with Crippen molar-refractivity contribution in [2.45, 2.75) is 212 Å². The molecule has 127 heavy (non-hydrogen) atoms. The molecule has 0 amide bonds. The third-order valence-electron chi connectivity index (χ3n) is 19.3. The van der Waals surface area contributed by atoms with Crippen molar-refractivity contribution in [3.8, 4) is 91.1 Å². The van der Waals surface area contributed by atoms with Crippen molar-refractivity contribution in [1.29, 1.82) is 0 Å². The van der Waals surface area contributed by atoms with Crippen LogP contribution < -0.4 is 40.8 Å². The van der Waals surface area contributed by atoms with Crippen LogP contribution in [0.1, 0.15) is 197 Å². The van der Waals surface area contributed by atoms with Gasteiger partial charge in [-0.25, -0.2) is 79.7 Å². The standard InChI is InChI=1S/2C14H17N4.2C12H15N4.C9H6F3N4.3C9H9N4.4Pt/c2*1-9-7-11(16-8-15-9)12-10-5-4-6-14(2,3)13(10)18-17-12;2*1-8-5-9(14-7-13-8)10-6-11(16-15-10)12(2,3)4;1-5-2-6(14-4-13-5)7-3-8(16-15-7)9(10,11)12;3*1-6-3-8(11-5-10-6)9-4-7(2)12-13-9;;;;/h2*7-8H,4-6H2,1-3H3;2*5-7H,1-4H3;2-4H,1H3;3*3-5H,1-2H3;;;;/q8*-1;4*+2. The third-order valence-corrected chi connectivity index (χ3v) is 19.3. The van der Waals surface area contributed by atoms with E-state index in [4.69, 9.17) is 0 Å². The fraction of sp³-hybridized carbons (Fsp3) is 0.364. The first kappa shape index (κ1) is 103. The summed E-state index contributed by atoms with van der Waals surface area (Å²) in [6.07, 6.45) is 14.6. The molecule has 0 bridgehead atoms. The zero-order chi connectivity index (χ0) is 88.6. The van der Waals surface area contributed by atoms with E-state index >= 15 is 0 Å². The van der Waals surface area contributed by atoms with Gasteiger partial charge in [0.25, 0.3) is 0 Å². The van der Waals surface area contributed by atoms with Crippen LogP contribution in [0.4, 0.5) is 13.2 Å². The van der Waals surface area contributed by atoms with Crippen LogP contribution in [0.3, 0.4) is 0 Å². The van der Waals surface area contributed by atoms with Crippen LogP contribution in [0.2, 0.25) is 0 Å². The molecule has 0 saturated carbocycles. The molecular weight excluding hydrogens is 2340 g/mol. The first-order valence-electron chi connectivity index (χ1n) is 39.7. The summed E-state index contributed by atoms with van der Waals surface area (Å²) in [4.78, 5) is 65.4. The van der Waals surface area contributed by atoms with E-state index in [0.717, 1.165) is 178 Å². The van der Waals surface area contributed by atoms with Gasteiger partial charge < -0.3 is 81.6 Å². The van der Waals surface area contributed by atoms with Crippen molar-refractivity contribution < 1.29 is 97.4 Å². The first-order valence-corrected chi connectivity index (χ1v) is 39.7. The predicted octanol–water partition coefficient (Wildman–Crippen LogP) is 14.2. The van der Waals surface area contributed by atoms with Gasteiger partial charge in [-0.3, -0.25) is 0 Å². The number of halogens is 3. The quantitative estimate of drug-likeness (QED) is 0.136. The summed E-state index contributed by atoms with van der Waals surface area (Å²) in [5.41, 5.74) is 28.4. The van der Waals surface area contributed by atoms with E-state index in [1.807, 2.05) is 142 Å². The number of aromatic nitrogens is 32. The van der Waals surface area contributed by atoms with Gasteiger partial charge in [-0.1, -0.05) is 145 Å². The van der Waals surface area contributed by atoms with Crippen LogP contribution in [0.5, 0.6) is 0 Å². The van der Waals surface area contributed by atoms with E-state index in [1.54, 1.807) is 38.3 Å². The Morgan fingerprint density at radius 2 is 0.465 bits per heavy atom. The molecule has 16 heterocycles. The first-order chi connectivity index (χ1) is 58.3. The van der Waals surface area contributed by atoms with E-state index in [-0.39, 0.29) is 112 Å². The van der Waals surface area contributed by atoms with Crippen molar-refractivity contribution in [3.05, 3.63) is 238 Å². The molecule has 0 aliphatic heterocycles. The third kappa shape index (κ3) is 28.9. The predicted molar refractivity (Wildman–Crippen MR) is 455 cm³/mol. The molecule has 0 atom stereocenters. The zero-order valence-electron chi connectivity index (χ0n) is 74.2.